The van der Waals surface area contributed by atoms with Crippen molar-refractivity contribution in [2.75, 3.05) is 18.8 Å². The third-order valence-electron chi connectivity index (χ3n) is 4.36. The Bertz CT molecular complexity index is 533. The molecule has 0 radical (unpaired) electrons. The number of nitrogens with two attached hydrogens (primary N) is 1. The number of rotatable bonds is 3. The van der Waals surface area contributed by atoms with Gasteiger partial charge in [0, 0.05) is 24.0 Å². The van der Waals surface area contributed by atoms with Crippen molar-refractivity contribution in [2.24, 2.45) is 11.1 Å². The summed E-state index contributed by atoms with van der Waals surface area (Å²) in [6.45, 7) is 10.0. The summed E-state index contributed by atoms with van der Waals surface area (Å²) >= 11 is 1.64. The van der Waals surface area contributed by atoms with Crippen LogP contribution in [0.25, 0.3) is 0 Å². The van der Waals surface area contributed by atoms with E-state index < -0.39 is 0 Å². The first-order valence-corrected chi connectivity index (χ1v) is 8.51. The smallest absolute Gasteiger partial charge is 0.232 e. The first-order chi connectivity index (χ1) is 9.79. The van der Waals surface area contributed by atoms with Crippen LogP contribution in [0.3, 0.4) is 0 Å². The zero-order valence-electron chi connectivity index (χ0n) is 13.9. The molecule has 0 aromatic heterocycles. The van der Waals surface area contributed by atoms with Crippen LogP contribution in [0.5, 0.6) is 0 Å². The summed E-state index contributed by atoms with van der Waals surface area (Å²) in [5.41, 5.74) is 8.62. The second kappa shape index (κ2) is 7.71. The van der Waals surface area contributed by atoms with Crippen LogP contribution in [-0.2, 0) is 4.79 Å². The number of piperidine rings is 1. The van der Waals surface area contributed by atoms with Gasteiger partial charge in [-0.15, -0.1) is 24.2 Å². The molecule has 22 heavy (non-hydrogen) atoms. The largest absolute Gasteiger partial charge is 0.341 e. The fraction of sp³-hybridized carbons (Fsp3) is 0.588. The summed E-state index contributed by atoms with van der Waals surface area (Å²) in [4.78, 5) is 15.6. The van der Waals surface area contributed by atoms with Crippen molar-refractivity contribution in [1.82, 2.24) is 4.90 Å². The predicted octanol–water partition coefficient (Wildman–Crippen LogP) is 3.40. The number of carbonyl (C=O) groups is 1. The van der Waals surface area contributed by atoms with Gasteiger partial charge in [0.25, 0.3) is 0 Å². The van der Waals surface area contributed by atoms with Crippen molar-refractivity contribution >= 4 is 30.1 Å². The maximum atomic E-state index is 12.4. The van der Waals surface area contributed by atoms with Crippen LogP contribution in [-0.4, -0.2) is 35.7 Å². The number of halogens is 1. The van der Waals surface area contributed by atoms with Gasteiger partial charge in [-0.1, -0.05) is 31.5 Å². The molecule has 2 N–H and O–H groups in total. The number of nitrogens with zero attached hydrogens (tertiary/aromatic N) is 1. The average Bonchev–Trinajstić information content (AvgIpc) is 2.42. The van der Waals surface area contributed by atoms with Crippen LogP contribution in [0.1, 0.15) is 31.4 Å². The van der Waals surface area contributed by atoms with E-state index in [1.54, 1.807) is 11.8 Å². The molecule has 2 rings (SSSR count). The normalized spacial score (nSPS) is 20.4. The molecule has 5 heteroatoms. The summed E-state index contributed by atoms with van der Waals surface area (Å²) in [5, 5.41) is 0. The highest BCUT2D eigenvalue weighted by Gasteiger charge is 2.35. The molecule has 0 spiro atoms. The number of thioether (sulfide) groups is 1. The van der Waals surface area contributed by atoms with Gasteiger partial charge in [0.1, 0.15) is 0 Å². The number of aryl methyl sites for hydroxylation is 2. The highest BCUT2D eigenvalue weighted by molar-refractivity contribution is 8.00. The van der Waals surface area contributed by atoms with Crippen molar-refractivity contribution in [2.45, 2.75) is 45.1 Å². The molecular formula is C17H27ClN2OS. The fourth-order valence-electron chi connectivity index (χ4n) is 2.68. The first-order valence-electron chi connectivity index (χ1n) is 7.53. The molecule has 3 nitrogen and oxygen atoms in total. The van der Waals surface area contributed by atoms with E-state index in [-0.39, 0.29) is 29.8 Å². The molecule has 1 saturated heterocycles. The molecule has 1 unspecified atom stereocenters. The summed E-state index contributed by atoms with van der Waals surface area (Å²) in [6, 6.07) is 6.57. The standard InChI is InChI=1S/C17H26N2OS.ClH/c1-12-5-6-13(2)14(9-12)21-10-16(20)19-8-7-15(18)17(3,4)11-19;/h5-6,9,15H,7-8,10-11,18H2,1-4H3;1H. The second-order valence-corrected chi connectivity index (χ2v) is 7.77. The van der Waals surface area contributed by atoms with Crippen molar-refractivity contribution in [3.8, 4) is 0 Å². The maximum absolute atomic E-state index is 12.4. The lowest BCUT2D eigenvalue weighted by atomic mass is 9.80. The van der Waals surface area contributed by atoms with Gasteiger partial charge in [-0.05, 0) is 37.3 Å². The quantitative estimate of drug-likeness (QED) is 0.856. The molecule has 1 aromatic rings. The van der Waals surface area contributed by atoms with Crippen LogP contribution in [0.4, 0.5) is 0 Å². The van der Waals surface area contributed by atoms with Gasteiger partial charge in [0.2, 0.25) is 5.91 Å². The van der Waals surface area contributed by atoms with Gasteiger partial charge in [-0.2, -0.15) is 0 Å². The Kier molecular flexibility index (Phi) is 6.78. The topological polar surface area (TPSA) is 46.3 Å². The van der Waals surface area contributed by atoms with E-state index in [9.17, 15) is 4.79 Å². The number of hydrogen-bond donors (Lipinski definition) is 1. The van der Waals surface area contributed by atoms with E-state index in [1.165, 1.54) is 16.0 Å². The Morgan fingerprint density at radius 2 is 2.09 bits per heavy atom. The van der Waals surface area contributed by atoms with Gasteiger partial charge < -0.3 is 10.6 Å². The van der Waals surface area contributed by atoms with Crippen molar-refractivity contribution in [1.29, 1.82) is 0 Å². The Morgan fingerprint density at radius 3 is 2.73 bits per heavy atom. The molecule has 1 atom stereocenters. The highest BCUT2D eigenvalue weighted by atomic mass is 35.5. The molecular weight excluding hydrogens is 316 g/mol. The third-order valence-corrected chi connectivity index (χ3v) is 5.50. The Balaban J connectivity index is 0.00000242. The van der Waals surface area contributed by atoms with Crippen LogP contribution < -0.4 is 5.73 Å². The van der Waals surface area contributed by atoms with Crippen molar-refractivity contribution in [3.05, 3.63) is 29.3 Å². The molecule has 0 bridgehead atoms. The average molecular weight is 343 g/mol. The van der Waals surface area contributed by atoms with Crippen LogP contribution in [0.15, 0.2) is 23.1 Å². The van der Waals surface area contributed by atoms with Gasteiger partial charge in [0.15, 0.2) is 0 Å². The summed E-state index contributed by atoms with van der Waals surface area (Å²) in [7, 11) is 0. The van der Waals surface area contributed by atoms with E-state index in [0.717, 1.165) is 19.5 Å². The molecule has 1 aromatic carbocycles. The summed E-state index contributed by atoms with van der Waals surface area (Å²) in [6.07, 6.45) is 0.896. The maximum Gasteiger partial charge on any atom is 0.232 e. The van der Waals surface area contributed by atoms with Gasteiger partial charge in [-0.3, -0.25) is 4.79 Å². The Hall–Kier alpha value is -0.710. The number of likely N-dealkylation sites (tertiary alicyclic amines) is 1. The molecule has 0 aliphatic carbocycles. The lowest BCUT2D eigenvalue weighted by Crippen LogP contribution is -2.54. The summed E-state index contributed by atoms with van der Waals surface area (Å²) < 4.78 is 0. The number of carbonyl (C=O) groups excluding carboxylic acids is 1. The minimum absolute atomic E-state index is 0. The van der Waals surface area contributed by atoms with Crippen molar-refractivity contribution in [3.63, 3.8) is 0 Å². The minimum atomic E-state index is 0. The van der Waals surface area contributed by atoms with Gasteiger partial charge in [-0.25, -0.2) is 0 Å². The highest BCUT2D eigenvalue weighted by Crippen LogP contribution is 2.29. The molecule has 124 valence electrons. The van der Waals surface area contributed by atoms with E-state index in [2.05, 4.69) is 45.9 Å². The monoisotopic (exact) mass is 342 g/mol. The van der Waals surface area contributed by atoms with E-state index in [1.807, 2.05) is 4.90 Å². The van der Waals surface area contributed by atoms with Gasteiger partial charge in [0.05, 0.1) is 5.75 Å². The molecule has 1 aliphatic rings. The van der Waals surface area contributed by atoms with Crippen LogP contribution in [0.2, 0.25) is 0 Å². The second-order valence-electron chi connectivity index (χ2n) is 6.76. The lowest BCUT2D eigenvalue weighted by molar-refractivity contribution is -0.131. The molecule has 1 heterocycles. The zero-order valence-corrected chi connectivity index (χ0v) is 15.5. The number of amides is 1. The van der Waals surface area contributed by atoms with E-state index >= 15 is 0 Å². The van der Waals surface area contributed by atoms with E-state index in [0.29, 0.717) is 5.75 Å². The molecule has 1 aliphatic heterocycles. The lowest BCUT2D eigenvalue weighted by Gasteiger charge is -2.42. The fourth-order valence-corrected chi connectivity index (χ4v) is 3.71. The predicted molar refractivity (Wildman–Crippen MR) is 96.8 cm³/mol. The van der Waals surface area contributed by atoms with Crippen molar-refractivity contribution < 1.29 is 4.79 Å². The number of benzene rings is 1. The van der Waals surface area contributed by atoms with Crippen LogP contribution >= 0.6 is 24.2 Å². The Labute approximate surface area is 144 Å². The van der Waals surface area contributed by atoms with Gasteiger partial charge >= 0.3 is 0 Å². The zero-order chi connectivity index (χ0) is 15.6. The first kappa shape index (κ1) is 19.3. The van der Waals surface area contributed by atoms with E-state index in [4.69, 9.17) is 5.73 Å². The molecule has 0 saturated carbocycles. The Morgan fingerprint density at radius 1 is 1.41 bits per heavy atom. The summed E-state index contributed by atoms with van der Waals surface area (Å²) in [5.74, 6) is 0.733. The third kappa shape index (κ3) is 4.64. The molecule has 1 fully saturated rings. The molecule has 1 amide bonds. The van der Waals surface area contributed by atoms with Crippen LogP contribution in [0, 0.1) is 19.3 Å². The number of hydrogen-bond acceptors (Lipinski definition) is 3. The minimum Gasteiger partial charge on any atom is -0.341 e. The SMILES string of the molecule is Cc1ccc(C)c(SCC(=O)N2CCC(N)C(C)(C)C2)c1.Cl.